The Labute approximate surface area is 189 Å². The van der Waals surface area contributed by atoms with Gasteiger partial charge in [-0.25, -0.2) is 9.97 Å². The standard InChI is InChI=1S/C23H21ClN6O2/c24-15-9-7-14(8-10-15)12-27-30-21(25)19(23(31)26-13-16-4-3-11-32-16)20-22(30)29-18-6-2-1-5-17(18)28-20/h1-2,5-10,12,16H,3-4,11,13,25H2,(H,26,31). The molecule has 0 bridgehead atoms. The van der Waals surface area contributed by atoms with Gasteiger partial charge in [-0.1, -0.05) is 35.9 Å². The molecule has 0 saturated carbocycles. The van der Waals surface area contributed by atoms with Crippen molar-refractivity contribution in [3.63, 3.8) is 0 Å². The average molecular weight is 449 g/mol. The van der Waals surface area contributed by atoms with Gasteiger partial charge in [-0.3, -0.25) is 4.79 Å². The number of hydrogen-bond donors (Lipinski definition) is 2. The maximum Gasteiger partial charge on any atom is 0.257 e. The van der Waals surface area contributed by atoms with Gasteiger partial charge in [0.1, 0.15) is 16.9 Å². The van der Waals surface area contributed by atoms with Gasteiger partial charge in [0.2, 0.25) is 0 Å². The van der Waals surface area contributed by atoms with Crippen LogP contribution in [0.2, 0.25) is 5.02 Å². The van der Waals surface area contributed by atoms with E-state index in [9.17, 15) is 4.79 Å². The third-order valence-corrected chi connectivity index (χ3v) is 5.66. The maximum atomic E-state index is 13.1. The first kappa shape index (κ1) is 20.4. The number of anilines is 1. The number of hydrogen-bond acceptors (Lipinski definition) is 6. The van der Waals surface area contributed by atoms with Crippen LogP contribution in [0.15, 0.2) is 53.6 Å². The van der Waals surface area contributed by atoms with Crippen LogP contribution in [-0.4, -0.2) is 46.0 Å². The summed E-state index contributed by atoms with van der Waals surface area (Å²) >= 11 is 5.96. The zero-order valence-corrected chi connectivity index (χ0v) is 17.9. The number of ether oxygens (including phenoxy) is 1. The van der Waals surface area contributed by atoms with Gasteiger partial charge in [-0.15, -0.1) is 0 Å². The maximum absolute atomic E-state index is 13.1. The summed E-state index contributed by atoms with van der Waals surface area (Å²) in [4.78, 5) is 22.5. The second-order valence-corrected chi connectivity index (χ2v) is 8.03. The van der Waals surface area contributed by atoms with Gasteiger partial charge in [0, 0.05) is 18.2 Å². The van der Waals surface area contributed by atoms with E-state index in [-0.39, 0.29) is 23.4 Å². The molecule has 1 atom stereocenters. The van der Waals surface area contributed by atoms with E-state index in [0.717, 1.165) is 25.0 Å². The Morgan fingerprint density at radius 2 is 1.97 bits per heavy atom. The summed E-state index contributed by atoms with van der Waals surface area (Å²) in [6.07, 6.45) is 3.58. The lowest BCUT2D eigenvalue weighted by Gasteiger charge is -2.10. The van der Waals surface area contributed by atoms with Crippen LogP contribution in [0.3, 0.4) is 0 Å². The molecule has 2 aromatic carbocycles. The Kier molecular flexibility index (Phi) is 5.46. The molecule has 8 nitrogen and oxygen atoms in total. The molecule has 3 heterocycles. The lowest BCUT2D eigenvalue weighted by atomic mass is 10.2. The van der Waals surface area contributed by atoms with E-state index in [1.54, 1.807) is 18.3 Å². The normalized spacial score (nSPS) is 16.3. The molecule has 32 heavy (non-hydrogen) atoms. The first-order valence-corrected chi connectivity index (χ1v) is 10.7. The quantitative estimate of drug-likeness (QED) is 0.453. The first-order chi connectivity index (χ1) is 15.6. The van der Waals surface area contributed by atoms with Crippen LogP contribution in [-0.2, 0) is 4.74 Å². The number of amides is 1. The number of nitrogens with one attached hydrogen (secondary N) is 1. The summed E-state index contributed by atoms with van der Waals surface area (Å²) in [5.74, 6) is -0.154. The fraction of sp³-hybridized carbons (Fsp3) is 0.217. The monoisotopic (exact) mass is 448 g/mol. The van der Waals surface area contributed by atoms with Crippen molar-refractivity contribution in [1.29, 1.82) is 0 Å². The van der Waals surface area contributed by atoms with E-state index in [1.807, 2.05) is 36.4 Å². The number of benzene rings is 2. The fourth-order valence-corrected chi connectivity index (χ4v) is 3.89. The molecule has 162 valence electrons. The van der Waals surface area contributed by atoms with Crippen molar-refractivity contribution < 1.29 is 9.53 Å². The smallest absolute Gasteiger partial charge is 0.257 e. The van der Waals surface area contributed by atoms with Crippen molar-refractivity contribution in [2.24, 2.45) is 5.10 Å². The highest BCUT2D eigenvalue weighted by molar-refractivity contribution is 6.30. The third-order valence-electron chi connectivity index (χ3n) is 5.41. The summed E-state index contributed by atoms with van der Waals surface area (Å²) in [5, 5.41) is 8.06. The molecular formula is C23H21ClN6O2. The fourth-order valence-electron chi connectivity index (χ4n) is 3.76. The first-order valence-electron chi connectivity index (χ1n) is 10.4. The average Bonchev–Trinajstić information content (AvgIpc) is 3.41. The summed E-state index contributed by atoms with van der Waals surface area (Å²) < 4.78 is 7.05. The SMILES string of the molecule is Nc1c(C(=O)NCC2CCCO2)c2nc3ccccc3nc2n1N=Cc1ccc(Cl)cc1. The topological polar surface area (TPSA) is 107 Å². The number of halogens is 1. The molecular weight excluding hydrogens is 428 g/mol. The predicted molar refractivity (Wildman–Crippen MR) is 125 cm³/mol. The van der Waals surface area contributed by atoms with Crippen LogP contribution in [0.1, 0.15) is 28.8 Å². The molecule has 1 fully saturated rings. The van der Waals surface area contributed by atoms with Gasteiger partial charge < -0.3 is 15.8 Å². The molecule has 0 spiro atoms. The zero-order valence-electron chi connectivity index (χ0n) is 17.2. The molecule has 5 rings (SSSR count). The minimum atomic E-state index is -0.326. The molecule has 1 saturated heterocycles. The Morgan fingerprint density at radius 1 is 1.22 bits per heavy atom. The van der Waals surface area contributed by atoms with Gasteiger partial charge >= 0.3 is 0 Å². The van der Waals surface area contributed by atoms with Crippen LogP contribution in [0.4, 0.5) is 5.82 Å². The molecule has 1 aliphatic rings. The van der Waals surface area contributed by atoms with Crippen LogP contribution in [0.25, 0.3) is 22.2 Å². The molecule has 4 aromatic rings. The summed E-state index contributed by atoms with van der Waals surface area (Å²) in [6, 6.07) is 14.7. The van der Waals surface area contributed by atoms with Crippen molar-refractivity contribution in [1.82, 2.24) is 20.0 Å². The lowest BCUT2D eigenvalue weighted by molar-refractivity contribution is 0.0859. The lowest BCUT2D eigenvalue weighted by Crippen LogP contribution is -2.32. The summed E-state index contributed by atoms with van der Waals surface area (Å²) in [5.41, 5.74) is 9.66. The number of aromatic nitrogens is 3. The molecule has 1 unspecified atom stereocenters. The van der Waals surface area contributed by atoms with Crippen LogP contribution < -0.4 is 11.1 Å². The molecule has 1 aliphatic heterocycles. The van der Waals surface area contributed by atoms with Gasteiger partial charge in [0.15, 0.2) is 5.65 Å². The van der Waals surface area contributed by atoms with E-state index in [1.165, 1.54) is 4.68 Å². The minimum absolute atomic E-state index is 0.0170. The molecule has 3 N–H and O–H groups in total. The van der Waals surface area contributed by atoms with Crippen LogP contribution >= 0.6 is 11.6 Å². The third kappa shape index (κ3) is 3.90. The minimum Gasteiger partial charge on any atom is -0.383 e. The molecule has 2 aromatic heterocycles. The second-order valence-electron chi connectivity index (χ2n) is 7.60. The van der Waals surface area contributed by atoms with Crippen molar-refractivity contribution in [2.75, 3.05) is 18.9 Å². The Morgan fingerprint density at radius 3 is 2.69 bits per heavy atom. The molecule has 1 amide bonds. The largest absolute Gasteiger partial charge is 0.383 e. The van der Waals surface area contributed by atoms with Crippen molar-refractivity contribution >= 4 is 51.7 Å². The Balaban J connectivity index is 1.58. The van der Waals surface area contributed by atoms with E-state index in [0.29, 0.717) is 33.8 Å². The number of fused-ring (bicyclic) bond motifs is 2. The highest BCUT2D eigenvalue weighted by Crippen LogP contribution is 2.28. The van der Waals surface area contributed by atoms with Gasteiger partial charge in [0.25, 0.3) is 5.91 Å². The number of nitrogens with zero attached hydrogens (tertiary/aromatic N) is 4. The number of para-hydroxylation sites is 2. The Bertz CT molecular complexity index is 1330. The van der Waals surface area contributed by atoms with E-state index in [4.69, 9.17) is 22.1 Å². The number of carbonyl (C=O) groups is 1. The summed E-state index contributed by atoms with van der Waals surface area (Å²) in [6.45, 7) is 1.14. The van der Waals surface area contributed by atoms with Gasteiger partial charge in [0.05, 0.1) is 23.4 Å². The van der Waals surface area contributed by atoms with Crippen molar-refractivity contribution in [3.8, 4) is 0 Å². The van der Waals surface area contributed by atoms with Gasteiger partial charge in [-0.2, -0.15) is 9.78 Å². The highest BCUT2D eigenvalue weighted by atomic mass is 35.5. The van der Waals surface area contributed by atoms with E-state index >= 15 is 0 Å². The second kappa shape index (κ2) is 8.57. The van der Waals surface area contributed by atoms with Gasteiger partial charge in [-0.05, 0) is 42.7 Å². The number of nitrogen functional groups attached to an aromatic ring is 1. The number of rotatable bonds is 5. The van der Waals surface area contributed by atoms with Crippen LogP contribution in [0, 0.1) is 0 Å². The molecule has 9 heteroatoms. The number of nitrogens with two attached hydrogens (primary N) is 1. The highest BCUT2D eigenvalue weighted by Gasteiger charge is 2.25. The molecule has 0 radical (unpaired) electrons. The zero-order chi connectivity index (χ0) is 22.1. The summed E-state index contributed by atoms with van der Waals surface area (Å²) in [7, 11) is 0. The number of carbonyl (C=O) groups excluding carboxylic acids is 1. The Hall–Kier alpha value is -3.49. The van der Waals surface area contributed by atoms with E-state index < -0.39 is 0 Å². The van der Waals surface area contributed by atoms with Crippen LogP contribution in [0.5, 0.6) is 0 Å². The predicted octanol–water partition coefficient (Wildman–Crippen LogP) is 3.61. The van der Waals surface area contributed by atoms with E-state index in [2.05, 4.69) is 20.4 Å². The van der Waals surface area contributed by atoms with Crippen molar-refractivity contribution in [2.45, 2.75) is 18.9 Å². The van der Waals surface area contributed by atoms with Crippen molar-refractivity contribution in [3.05, 3.63) is 64.7 Å². The molecule has 0 aliphatic carbocycles.